The molecule has 0 unspecified atom stereocenters. The van der Waals surface area contributed by atoms with Crippen LogP contribution in [0.15, 0.2) is 90.7 Å². The van der Waals surface area contributed by atoms with E-state index in [0.717, 1.165) is 62.4 Å². The monoisotopic (exact) mass is 772 g/mol. The van der Waals surface area contributed by atoms with Gasteiger partial charge in [0.25, 0.3) is 0 Å². The summed E-state index contributed by atoms with van der Waals surface area (Å²) >= 11 is 14.5. The van der Waals surface area contributed by atoms with Gasteiger partial charge in [0.15, 0.2) is 0 Å². The molecule has 39 heavy (non-hydrogen) atoms. The highest BCUT2D eigenvalue weighted by Crippen LogP contribution is 2.61. The zero-order valence-electron chi connectivity index (χ0n) is 20.8. The van der Waals surface area contributed by atoms with E-state index < -0.39 is 22.8 Å². The summed E-state index contributed by atoms with van der Waals surface area (Å²) < 4.78 is 14.5. The molecule has 0 saturated carbocycles. The number of carbonyl (C=O) groups is 2. The molecule has 196 valence electrons. The van der Waals surface area contributed by atoms with Crippen LogP contribution in [0.4, 0.5) is 0 Å². The van der Waals surface area contributed by atoms with Crippen LogP contribution in [-0.2, 0) is 29.9 Å². The van der Waals surface area contributed by atoms with E-state index in [4.69, 9.17) is 9.47 Å². The Morgan fingerprint density at radius 1 is 0.538 bits per heavy atom. The Morgan fingerprint density at radius 3 is 1.03 bits per heavy atom. The smallest absolute Gasteiger partial charge is 0.320 e. The van der Waals surface area contributed by atoms with Crippen molar-refractivity contribution in [2.45, 2.75) is 17.3 Å². The molecule has 4 aromatic carbocycles. The maximum atomic E-state index is 14.3. The Balaban J connectivity index is 1.76. The fraction of sp³-hybridized carbons (Fsp3) is 0.161. The lowest BCUT2D eigenvalue weighted by atomic mass is 9.62. The van der Waals surface area contributed by atoms with E-state index in [1.54, 1.807) is 0 Å². The van der Waals surface area contributed by atoms with Crippen molar-refractivity contribution in [3.05, 3.63) is 113 Å². The first-order valence-corrected chi connectivity index (χ1v) is 15.2. The van der Waals surface area contributed by atoms with E-state index in [0.29, 0.717) is 0 Å². The number of fused-ring (bicyclic) bond motifs is 6. The number of halogens is 4. The van der Waals surface area contributed by atoms with E-state index in [2.05, 4.69) is 63.7 Å². The Labute approximate surface area is 259 Å². The number of hydrogen-bond acceptors (Lipinski definition) is 4. The largest absolute Gasteiger partial charge is 0.468 e. The minimum atomic E-state index is -1.31. The molecule has 0 aliphatic heterocycles. The van der Waals surface area contributed by atoms with Crippen molar-refractivity contribution in [1.82, 2.24) is 0 Å². The third-order valence-electron chi connectivity index (χ3n) is 7.94. The summed E-state index contributed by atoms with van der Waals surface area (Å²) in [7, 11) is 2.79. The topological polar surface area (TPSA) is 52.6 Å². The highest BCUT2D eigenvalue weighted by atomic mass is 79.9. The average Bonchev–Trinajstić information content (AvgIpc) is 3.34. The summed E-state index contributed by atoms with van der Waals surface area (Å²) in [5.74, 6) is -0.885. The summed E-state index contributed by atoms with van der Waals surface area (Å²) in [6, 6.07) is 23.7. The van der Waals surface area contributed by atoms with Gasteiger partial charge in [-0.05, 0) is 99.5 Å². The lowest BCUT2D eigenvalue weighted by Gasteiger charge is -2.38. The van der Waals surface area contributed by atoms with E-state index in [9.17, 15) is 9.59 Å². The van der Waals surface area contributed by atoms with Gasteiger partial charge in [0.05, 0.1) is 14.2 Å². The summed E-state index contributed by atoms with van der Waals surface area (Å²) in [5, 5.41) is 0. The minimum absolute atomic E-state index is 0.0686. The van der Waals surface area contributed by atoms with Crippen molar-refractivity contribution < 1.29 is 19.1 Å². The fourth-order valence-electron chi connectivity index (χ4n) is 6.42. The second kappa shape index (κ2) is 9.68. The van der Waals surface area contributed by atoms with Crippen molar-refractivity contribution in [3.8, 4) is 22.3 Å². The van der Waals surface area contributed by atoms with Crippen LogP contribution >= 0.6 is 63.7 Å². The van der Waals surface area contributed by atoms with Gasteiger partial charge in [-0.1, -0.05) is 88.0 Å². The summed E-state index contributed by atoms with van der Waals surface area (Å²) in [4.78, 5) is 28.5. The van der Waals surface area contributed by atoms with Gasteiger partial charge in [-0.2, -0.15) is 0 Å². The lowest BCUT2D eigenvalue weighted by molar-refractivity contribution is -0.150. The van der Waals surface area contributed by atoms with Crippen molar-refractivity contribution >= 4 is 75.7 Å². The highest BCUT2D eigenvalue weighted by Gasteiger charge is 2.61. The standard InChI is InChI=1S/C31H20Br4O4/c1-38-28(36)30(24-11-16(32)3-7-20(24)21-8-4-17(33)12-25(21)30)15-31(29(37)39-2)26-13-18(34)5-9-22(26)23-10-6-19(35)14-27(23)31/h3-14H,15H2,1-2H3. The molecule has 0 radical (unpaired) electrons. The lowest BCUT2D eigenvalue weighted by Crippen LogP contribution is -2.48. The van der Waals surface area contributed by atoms with Gasteiger partial charge in [0.1, 0.15) is 10.8 Å². The molecule has 0 fully saturated rings. The summed E-state index contributed by atoms with van der Waals surface area (Å²) in [6.07, 6.45) is 0.0686. The van der Waals surface area contributed by atoms with Gasteiger partial charge in [-0.25, -0.2) is 0 Å². The number of ether oxygens (including phenoxy) is 2. The van der Waals surface area contributed by atoms with Crippen LogP contribution in [0.1, 0.15) is 28.7 Å². The third-order valence-corrected chi connectivity index (χ3v) is 9.92. The molecule has 2 aliphatic rings. The summed E-state index contributed by atoms with van der Waals surface area (Å²) in [6.45, 7) is 0. The van der Waals surface area contributed by atoms with Crippen molar-refractivity contribution in [1.29, 1.82) is 0 Å². The number of methoxy groups -OCH3 is 2. The molecule has 6 rings (SSSR count). The molecule has 0 atom stereocenters. The van der Waals surface area contributed by atoms with E-state index in [-0.39, 0.29) is 6.42 Å². The first-order chi connectivity index (χ1) is 18.7. The Kier molecular flexibility index (Phi) is 6.69. The molecule has 0 spiro atoms. The molecule has 8 heteroatoms. The van der Waals surface area contributed by atoms with Crippen LogP contribution in [-0.4, -0.2) is 26.2 Å². The van der Waals surface area contributed by atoms with E-state index >= 15 is 0 Å². The first kappa shape index (κ1) is 26.9. The van der Waals surface area contributed by atoms with E-state index in [1.807, 2.05) is 72.8 Å². The van der Waals surface area contributed by atoms with E-state index in [1.165, 1.54) is 14.2 Å². The SMILES string of the molecule is COC(=O)C1(CC2(C(=O)OC)c3cc(Br)ccc3-c3ccc(Br)cc32)c2cc(Br)ccc2-c2ccc(Br)cc21. The third kappa shape index (κ3) is 3.78. The molecular weight excluding hydrogens is 756 g/mol. The zero-order valence-corrected chi connectivity index (χ0v) is 27.1. The molecule has 4 aromatic rings. The molecule has 0 saturated heterocycles. The van der Waals surface area contributed by atoms with Crippen LogP contribution in [0, 0.1) is 0 Å². The number of rotatable bonds is 4. The number of benzene rings is 4. The highest BCUT2D eigenvalue weighted by molar-refractivity contribution is 9.11. The molecule has 0 aromatic heterocycles. The maximum absolute atomic E-state index is 14.3. The predicted octanol–water partition coefficient (Wildman–Crippen LogP) is 8.71. The molecule has 0 bridgehead atoms. The second-order valence-electron chi connectivity index (χ2n) is 9.73. The normalized spacial score (nSPS) is 15.1. The number of esters is 2. The Hall–Kier alpha value is -2.26. The number of hydrogen-bond donors (Lipinski definition) is 0. The molecule has 0 N–H and O–H groups in total. The quantitative estimate of drug-likeness (QED) is 0.195. The molecule has 4 nitrogen and oxygen atoms in total. The molecule has 0 heterocycles. The van der Waals surface area contributed by atoms with Gasteiger partial charge in [-0.15, -0.1) is 0 Å². The predicted molar refractivity (Wildman–Crippen MR) is 165 cm³/mol. The Bertz CT molecular complexity index is 1480. The molecular formula is C31H20Br4O4. The first-order valence-electron chi connectivity index (χ1n) is 12.0. The average molecular weight is 776 g/mol. The summed E-state index contributed by atoms with van der Waals surface area (Å²) in [5.41, 5.74) is 4.18. The zero-order chi connectivity index (χ0) is 27.7. The van der Waals surface area contributed by atoms with Gasteiger partial charge < -0.3 is 9.47 Å². The minimum Gasteiger partial charge on any atom is -0.468 e. The van der Waals surface area contributed by atoms with Crippen molar-refractivity contribution in [3.63, 3.8) is 0 Å². The van der Waals surface area contributed by atoms with Gasteiger partial charge in [0, 0.05) is 17.9 Å². The Morgan fingerprint density at radius 2 is 0.795 bits per heavy atom. The van der Waals surface area contributed by atoms with Gasteiger partial charge in [-0.3, -0.25) is 9.59 Å². The van der Waals surface area contributed by atoms with Crippen LogP contribution < -0.4 is 0 Å². The fourth-order valence-corrected chi connectivity index (χ4v) is 7.86. The number of carbonyl (C=O) groups excluding carboxylic acids is 2. The molecule has 0 amide bonds. The van der Waals surface area contributed by atoms with Gasteiger partial charge >= 0.3 is 11.9 Å². The second-order valence-corrected chi connectivity index (χ2v) is 13.4. The van der Waals surface area contributed by atoms with Crippen LogP contribution in [0.25, 0.3) is 22.3 Å². The van der Waals surface area contributed by atoms with Crippen LogP contribution in [0.2, 0.25) is 0 Å². The van der Waals surface area contributed by atoms with Crippen LogP contribution in [0.5, 0.6) is 0 Å². The van der Waals surface area contributed by atoms with Crippen molar-refractivity contribution in [2.24, 2.45) is 0 Å². The van der Waals surface area contributed by atoms with Crippen LogP contribution in [0.3, 0.4) is 0 Å². The molecule has 2 aliphatic carbocycles. The maximum Gasteiger partial charge on any atom is 0.320 e. The van der Waals surface area contributed by atoms with Crippen molar-refractivity contribution in [2.75, 3.05) is 14.2 Å². The van der Waals surface area contributed by atoms with Gasteiger partial charge in [0.2, 0.25) is 0 Å².